The predicted octanol–water partition coefficient (Wildman–Crippen LogP) is -0.907. The largest absolute Gasteiger partial charge is 0.369 e. The van der Waals surface area contributed by atoms with Crippen LogP contribution in [0.5, 0.6) is 0 Å². The van der Waals surface area contributed by atoms with E-state index >= 15 is 0 Å². The number of carbonyl (C=O) groups excluding carboxylic acids is 1. The smallest absolute Gasteiger partial charge is 0.265 e. The fraction of sp³-hybridized carbons (Fsp3) is 0.750. The maximum Gasteiger partial charge on any atom is 0.265 e. The van der Waals surface area contributed by atoms with Crippen LogP contribution in [-0.4, -0.2) is 36.1 Å². The number of nitrogens with two attached hydrogens (primary N) is 1. The Labute approximate surface area is 69.1 Å². The standard InChI is InChI=1S/C4H9NO4S2/c5-4(6)3-10-1-2-11(7,8)9/h1-3H2,(H2,5,6)(H,7,8,9). The summed E-state index contributed by atoms with van der Waals surface area (Å²) in [5.41, 5.74) is 4.77. The Morgan fingerprint density at radius 3 is 2.45 bits per heavy atom. The summed E-state index contributed by atoms with van der Waals surface area (Å²) >= 11 is 1.07. The zero-order valence-electron chi connectivity index (χ0n) is 5.69. The zero-order valence-corrected chi connectivity index (χ0v) is 7.32. The molecule has 0 atom stereocenters. The Balaban J connectivity index is 3.37. The van der Waals surface area contributed by atoms with Gasteiger partial charge >= 0.3 is 0 Å². The number of carbonyl (C=O) groups is 1. The summed E-state index contributed by atoms with van der Waals surface area (Å²) in [4.78, 5) is 10.1. The van der Waals surface area contributed by atoms with Gasteiger partial charge in [-0.25, -0.2) is 0 Å². The summed E-state index contributed by atoms with van der Waals surface area (Å²) in [7, 11) is -3.90. The number of hydrogen-bond donors (Lipinski definition) is 2. The van der Waals surface area contributed by atoms with Crippen LogP contribution in [0, 0.1) is 0 Å². The van der Waals surface area contributed by atoms with E-state index in [1.807, 2.05) is 0 Å². The molecule has 1 amide bonds. The molecule has 0 aliphatic carbocycles. The van der Waals surface area contributed by atoms with E-state index in [2.05, 4.69) is 0 Å². The Kier molecular flexibility index (Phi) is 4.46. The lowest BCUT2D eigenvalue weighted by Gasteiger charge is -1.95. The van der Waals surface area contributed by atoms with E-state index in [0.29, 0.717) is 0 Å². The van der Waals surface area contributed by atoms with Gasteiger partial charge in [0.05, 0.1) is 11.5 Å². The number of hydrogen-bond acceptors (Lipinski definition) is 4. The lowest BCUT2D eigenvalue weighted by atomic mass is 10.8. The molecule has 0 aromatic carbocycles. The van der Waals surface area contributed by atoms with Crippen LogP contribution in [0.1, 0.15) is 0 Å². The van der Waals surface area contributed by atoms with E-state index in [1.54, 1.807) is 0 Å². The van der Waals surface area contributed by atoms with Crippen molar-refractivity contribution in [2.45, 2.75) is 0 Å². The molecule has 5 nitrogen and oxygen atoms in total. The van der Waals surface area contributed by atoms with Gasteiger partial charge in [-0.1, -0.05) is 0 Å². The highest BCUT2D eigenvalue weighted by Crippen LogP contribution is 1.99. The molecule has 0 spiro atoms. The first-order chi connectivity index (χ1) is 4.92. The molecular formula is C4H9NO4S2. The van der Waals surface area contributed by atoms with Gasteiger partial charge in [0, 0.05) is 5.75 Å². The summed E-state index contributed by atoms with van der Waals surface area (Å²) in [6.07, 6.45) is 0. The van der Waals surface area contributed by atoms with E-state index in [4.69, 9.17) is 10.3 Å². The van der Waals surface area contributed by atoms with Crippen molar-refractivity contribution in [2.24, 2.45) is 5.73 Å². The summed E-state index contributed by atoms with van der Waals surface area (Å²) in [5.74, 6) is -0.576. The second kappa shape index (κ2) is 4.58. The number of amides is 1. The van der Waals surface area contributed by atoms with Gasteiger partial charge in [0.2, 0.25) is 5.91 Å². The third kappa shape index (κ3) is 9.73. The molecule has 3 N–H and O–H groups in total. The third-order valence-electron chi connectivity index (χ3n) is 0.730. The van der Waals surface area contributed by atoms with Crippen LogP contribution in [0.3, 0.4) is 0 Å². The van der Waals surface area contributed by atoms with Gasteiger partial charge in [-0.05, 0) is 0 Å². The summed E-state index contributed by atoms with van der Waals surface area (Å²) in [6, 6.07) is 0. The van der Waals surface area contributed by atoms with Crippen LogP contribution in [0.2, 0.25) is 0 Å². The Morgan fingerprint density at radius 1 is 1.55 bits per heavy atom. The third-order valence-corrected chi connectivity index (χ3v) is 2.69. The van der Waals surface area contributed by atoms with Crippen molar-refractivity contribution in [3.8, 4) is 0 Å². The van der Waals surface area contributed by atoms with E-state index in [0.717, 1.165) is 11.8 Å². The van der Waals surface area contributed by atoms with Gasteiger partial charge in [-0.3, -0.25) is 9.35 Å². The van der Waals surface area contributed by atoms with Crippen molar-refractivity contribution < 1.29 is 17.8 Å². The second-order valence-corrected chi connectivity index (χ2v) is 4.48. The monoisotopic (exact) mass is 199 g/mol. The summed E-state index contributed by atoms with van der Waals surface area (Å²) in [5, 5.41) is 0. The molecule has 0 bridgehead atoms. The van der Waals surface area contributed by atoms with Gasteiger partial charge in [-0.15, -0.1) is 0 Å². The first-order valence-electron chi connectivity index (χ1n) is 2.73. The van der Waals surface area contributed by atoms with Crippen LogP contribution in [0.4, 0.5) is 0 Å². The molecule has 66 valence electrons. The first kappa shape index (κ1) is 10.7. The highest BCUT2D eigenvalue weighted by atomic mass is 32.2. The minimum Gasteiger partial charge on any atom is -0.369 e. The van der Waals surface area contributed by atoms with Gasteiger partial charge in [0.15, 0.2) is 0 Å². The van der Waals surface area contributed by atoms with E-state index in [1.165, 1.54) is 0 Å². The molecule has 0 fully saturated rings. The van der Waals surface area contributed by atoms with Crippen molar-refractivity contribution in [3.63, 3.8) is 0 Å². The van der Waals surface area contributed by atoms with Crippen LogP contribution in [0.25, 0.3) is 0 Å². The van der Waals surface area contributed by atoms with Crippen LogP contribution >= 0.6 is 11.8 Å². The van der Waals surface area contributed by atoms with E-state index in [9.17, 15) is 13.2 Å². The molecule has 0 aliphatic heterocycles. The highest BCUT2D eigenvalue weighted by molar-refractivity contribution is 8.00. The molecule has 0 aromatic heterocycles. The van der Waals surface area contributed by atoms with Gasteiger partial charge < -0.3 is 5.73 Å². The van der Waals surface area contributed by atoms with Crippen molar-refractivity contribution in [1.82, 2.24) is 0 Å². The Morgan fingerprint density at radius 2 is 2.09 bits per heavy atom. The molecule has 0 radical (unpaired) electrons. The molecule has 0 rings (SSSR count). The minimum atomic E-state index is -3.90. The maximum absolute atomic E-state index is 10.1. The Hall–Kier alpha value is -0.270. The highest BCUT2D eigenvalue weighted by Gasteiger charge is 2.03. The molecule has 0 aromatic rings. The van der Waals surface area contributed by atoms with Crippen molar-refractivity contribution in [3.05, 3.63) is 0 Å². The molecule has 0 aliphatic rings. The summed E-state index contributed by atoms with van der Waals surface area (Å²) < 4.78 is 28.4. The first-order valence-corrected chi connectivity index (χ1v) is 5.49. The van der Waals surface area contributed by atoms with Crippen LogP contribution in [0.15, 0.2) is 0 Å². The van der Waals surface area contributed by atoms with Gasteiger partial charge in [0.1, 0.15) is 0 Å². The molecule has 11 heavy (non-hydrogen) atoms. The normalized spacial score (nSPS) is 11.4. The van der Waals surface area contributed by atoms with Gasteiger partial charge in [0.25, 0.3) is 10.1 Å². The van der Waals surface area contributed by atoms with Crippen LogP contribution < -0.4 is 5.73 Å². The predicted molar refractivity (Wildman–Crippen MR) is 42.9 cm³/mol. The SMILES string of the molecule is NC(=O)CSCCS(=O)(=O)O. The number of thioether (sulfide) groups is 1. The molecule has 7 heteroatoms. The topological polar surface area (TPSA) is 97.5 Å². The zero-order chi connectivity index (χ0) is 8.91. The number of rotatable bonds is 5. The maximum atomic E-state index is 10.1. The Bertz CT molecular complexity index is 222. The van der Waals surface area contributed by atoms with E-state index < -0.39 is 16.0 Å². The fourth-order valence-corrected chi connectivity index (χ4v) is 2.00. The quantitative estimate of drug-likeness (QED) is 0.441. The average molecular weight is 199 g/mol. The lowest BCUT2D eigenvalue weighted by molar-refractivity contribution is -0.115. The fourth-order valence-electron chi connectivity index (χ4n) is 0.337. The van der Waals surface area contributed by atoms with Crippen molar-refractivity contribution in [2.75, 3.05) is 17.3 Å². The summed E-state index contributed by atoms with van der Waals surface area (Å²) in [6.45, 7) is 0. The van der Waals surface area contributed by atoms with Crippen molar-refractivity contribution >= 4 is 27.8 Å². The lowest BCUT2D eigenvalue weighted by Crippen LogP contribution is -2.15. The van der Waals surface area contributed by atoms with Crippen molar-refractivity contribution in [1.29, 1.82) is 0 Å². The average Bonchev–Trinajstić information content (AvgIpc) is 1.78. The van der Waals surface area contributed by atoms with E-state index in [-0.39, 0.29) is 17.3 Å². The second-order valence-electron chi connectivity index (χ2n) is 1.80. The molecule has 0 heterocycles. The molecule has 0 unspecified atom stereocenters. The molecular weight excluding hydrogens is 190 g/mol. The number of primary amides is 1. The molecule has 0 saturated heterocycles. The molecule has 0 saturated carbocycles. The van der Waals surface area contributed by atoms with Crippen LogP contribution in [-0.2, 0) is 14.9 Å². The minimum absolute atomic E-state index is 0.0789. The van der Waals surface area contributed by atoms with Gasteiger partial charge in [-0.2, -0.15) is 20.2 Å².